The maximum Gasteiger partial charge on any atom is -0.00177 e. The first kappa shape index (κ1) is 14.4. The summed E-state index contributed by atoms with van der Waals surface area (Å²) in [5.41, 5.74) is 0. The summed E-state index contributed by atoms with van der Waals surface area (Å²) in [6.07, 6.45) is 10.5. The van der Waals surface area contributed by atoms with Crippen LogP contribution in [0.1, 0.15) is 65.7 Å². The van der Waals surface area contributed by atoms with E-state index >= 15 is 0 Å². The summed E-state index contributed by atoms with van der Waals surface area (Å²) >= 11 is 0. The van der Waals surface area contributed by atoms with Gasteiger partial charge in [-0.3, -0.25) is 0 Å². The fourth-order valence-corrected chi connectivity index (χ4v) is 4.37. The van der Waals surface area contributed by atoms with Crippen molar-refractivity contribution in [3.8, 4) is 0 Å². The summed E-state index contributed by atoms with van der Waals surface area (Å²) in [5, 5.41) is 3.71. The van der Waals surface area contributed by atoms with Gasteiger partial charge in [0.05, 0.1) is 0 Å². The SMILES string of the molecule is CC(C)CNCC1CCCC1C1CCCC(C)C1. The van der Waals surface area contributed by atoms with E-state index in [1.807, 2.05) is 0 Å². The maximum atomic E-state index is 3.71. The summed E-state index contributed by atoms with van der Waals surface area (Å²) in [4.78, 5) is 0. The van der Waals surface area contributed by atoms with Gasteiger partial charge in [-0.15, -0.1) is 0 Å². The van der Waals surface area contributed by atoms with Crippen LogP contribution in [0.25, 0.3) is 0 Å². The number of hydrogen-bond acceptors (Lipinski definition) is 1. The van der Waals surface area contributed by atoms with Crippen LogP contribution in [0.15, 0.2) is 0 Å². The van der Waals surface area contributed by atoms with E-state index in [-0.39, 0.29) is 0 Å². The largest absolute Gasteiger partial charge is 0.316 e. The topological polar surface area (TPSA) is 12.0 Å². The highest BCUT2D eigenvalue weighted by Crippen LogP contribution is 2.43. The maximum absolute atomic E-state index is 3.71. The molecule has 0 aromatic rings. The molecule has 0 bridgehead atoms. The van der Waals surface area contributed by atoms with Crippen LogP contribution in [0.4, 0.5) is 0 Å². The Balaban J connectivity index is 1.79. The highest BCUT2D eigenvalue weighted by atomic mass is 14.9. The number of rotatable bonds is 5. The average Bonchev–Trinajstić information content (AvgIpc) is 2.77. The van der Waals surface area contributed by atoms with Gasteiger partial charge in [0.15, 0.2) is 0 Å². The Bertz CT molecular complexity index is 236. The number of nitrogens with one attached hydrogen (secondary N) is 1. The van der Waals surface area contributed by atoms with Gasteiger partial charge >= 0.3 is 0 Å². The van der Waals surface area contributed by atoms with Crippen LogP contribution < -0.4 is 5.32 Å². The van der Waals surface area contributed by atoms with E-state index in [4.69, 9.17) is 0 Å². The molecule has 2 fully saturated rings. The molecule has 0 aliphatic heterocycles. The van der Waals surface area contributed by atoms with Crippen molar-refractivity contribution in [1.29, 1.82) is 0 Å². The lowest BCUT2D eigenvalue weighted by molar-refractivity contribution is 0.167. The Labute approximate surface area is 114 Å². The Morgan fingerprint density at radius 2 is 1.83 bits per heavy atom. The first-order valence-electron chi connectivity index (χ1n) is 8.37. The van der Waals surface area contributed by atoms with Crippen molar-refractivity contribution in [1.82, 2.24) is 5.32 Å². The van der Waals surface area contributed by atoms with Crippen LogP contribution >= 0.6 is 0 Å². The molecule has 2 saturated carbocycles. The molecule has 0 spiro atoms. The molecular formula is C17H33N. The van der Waals surface area contributed by atoms with Gasteiger partial charge in [-0.1, -0.05) is 46.5 Å². The normalized spacial score (nSPS) is 37.3. The molecule has 0 aromatic carbocycles. The molecule has 1 N–H and O–H groups in total. The molecule has 0 aromatic heterocycles. The van der Waals surface area contributed by atoms with E-state index in [9.17, 15) is 0 Å². The molecule has 2 aliphatic carbocycles. The molecule has 1 nitrogen and oxygen atoms in total. The van der Waals surface area contributed by atoms with Crippen LogP contribution in [0.5, 0.6) is 0 Å². The Kier molecular flexibility index (Phi) is 5.54. The second-order valence-electron chi connectivity index (χ2n) is 7.44. The molecule has 0 amide bonds. The molecule has 4 unspecified atom stereocenters. The molecule has 106 valence electrons. The minimum atomic E-state index is 0.791. The summed E-state index contributed by atoms with van der Waals surface area (Å²) in [6, 6.07) is 0. The smallest absolute Gasteiger partial charge is 0.00177 e. The molecule has 2 aliphatic rings. The number of hydrogen-bond donors (Lipinski definition) is 1. The predicted octanol–water partition coefficient (Wildman–Crippen LogP) is 4.47. The molecule has 2 rings (SSSR count). The molecular weight excluding hydrogens is 218 g/mol. The standard InChI is InChI=1S/C17H33N/c1-13(2)11-18-12-16-8-5-9-17(16)15-7-4-6-14(3)10-15/h13-18H,4-12H2,1-3H3. The fourth-order valence-electron chi connectivity index (χ4n) is 4.37. The summed E-state index contributed by atoms with van der Waals surface area (Å²) in [7, 11) is 0. The molecule has 18 heavy (non-hydrogen) atoms. The minimum Gasteiger partial charge on any atom is -0.316 e. The van der Waals surface area contributed by atoms with Gasteiger partial charge in [-0.05, 0) is 61.9 Å². The van der Waals surface area contributed by atoms with Crippen LogP contribution in [-0.4, -0.2) is 13.1 Å². The minimum absolute atomic E-state index is 0.791. The van der Waals surface area contributed by atoms with Gasteiger partial charge in [0.1, 0.15) is 0 Å². The van der Waals surface area contributed by atoms with E-state index in [0.717, 1.165) is 29.6 Å². The third-order valence-electron chi connectivity index (χ3n) is 5.26. The van der Waals surface area contributed by atoms with E-state index in [2.05, 4.69) is 26.1 Å². The lowest BCUT2D eigenvalue weighted by Crippen LogP contribution is -2.32. The Morgan fingerprint density at radius 1 is 1.06 bits per heavy atom. The van der Waals surface area contributed by atoms with Crippen molar-refractivity contribution < 1.29 is 0 Å². The van der Waals surface area contributed by atoms with E-state index in [1.165, 1.54) is 58.0 Å². The Morgan fingerprint density at radius 3 is 2.56 bits per heavy atom. The zero-order chi connectivity index (χ0) is 13.0. The first-order valence-corrected chi connectivity index (χ1v) is 8.37. The molecule has 0 saturated heterocycles. The van der Waals surface area contributed by atoms with E-state index < -0.39 is 0 Å². The van der Waals surface area contributed by atoms with Gasteiger partial charge < -0.3 is 5.32 Å². The molecule has 0 radical (unpaired) electrons. The quantitative estimate of drug-likeness (QED) is 0.760. The van der Waals surface area contributed by atoms with Gasteiger partial charge in [-0.25, -0.2) is 0 Å². The fraction of sp³-hybridized carbons (Fsp3) is 1.00. The van der Waals surface area contributed by atoms with Crippen LogP contribution in [0, 0.1) is 29.6 Å². The summed E-state index contributed by atoms with van der Waals surface area (Å²) in [5.74, 6) is 4.88. The van der Waals surface area contributed by atoms with Crippen molar-refractivity contribution in [3.63, 3.8) is 0 Å². The predicted molar refractivity (Wildman–Crippen MR) is 79.7 cm³/mol. The molecule has 1 heteroatoms. The second kappa shape index (κ2) is 6.93. The highest BCUT2D eigenvalue weighted by Gasteiger charge is 2.35. The van der Waals surface area contributed by atoms with Crippen LogP contribution in [0.3, 0.4) is 0 Å². The highest BCUT2D eigenvalue weighted by molar-refractivity contribution is 4.86. The van der Waals surface area contributed by atoms with Gasteiger partial charge in [-0.2, -0.15) is 0 Å². The monoisotopic (exact) mass is 251 g/mol. The lowest BCUT2D eigenvalue weighted by Gasteiger charge is -2.34. The molecule has 0 heterocycles. The van der Waals surface area contributed by atoms with Crippen molar-refractivity contribution in [3.05, 3.63) is 0 Å². The van der Waals surface area contributed by atoms with Gasteiger partial charge in [0.25, 0.3) is 0 Å². The van der Waals surface area contributed by atoms with E-state index in [0.29, 0.717) is 0 Å². The second-order valence-corrected chi connectivity index (χ2v) is 7.44. The molecule has 4 atom stereocenters. The average molecular weight is 251 g/mol. The zero-order valence-corrected chi connectivity index (χ0v) is 12.8. The van der Waals surface area contributed by atoms with Gasteiger partial charge in [0, 0.05) is 0 Å². The van der Waals surface area contributed by atoms with Crippen LogP contribution in [0.2, 0.25) is 0 Å². The summed E-state index contributed by atoms with van der Waals surface area (Å²) in [6.45, 7) is 9.56. The van der Waals surface area contributed by atoms with Crippen molar-refractivity contribution in [2.45, 2.75) is 65.7 Å². The van der Waals surface area contributed by atoms with Crippen molar-refractivity contribution in [2.24, 2.45) is 29.6 Å². The lowest BCUT2D eigenvalue weighted by atomic mass is 9.72. The first-order chi connectivity index (χ1) is 8.66. The van der Waals surface area contributed by atoms with Crippen molar-refractivity contribution in [2.75, 3.05) is 13.1 Å². The summed E-state index contributed by atoms with van der Waals surface area (Å²) < 4.78 is 0. The van der Waals surface area contributed by atoms with E-state index in [1.54, 1.807) is 0 Å². The zero-order valence-electron chi connectivity index (χ0n) is 12.8. The third-order valence-corrected chi connectivity index (χ3v) is 5.26. The van der Waals surface area contributed by atoms with Gasteiger partial charge in [0.2, 0.25) is 0 Å². The van der Waals surface area contributed by atoms with Crippen molar-refractivity contribution >= 4 is 0 Å². The Hall–Kier alpha value is -0.0400. The third kappa shape index (κ3) is 3.98. The van der Waals surface area contributed by atoms with Crippen LogP contribution in [-0.2, 0) is 0 Å².